The number of nitrogens with zero attached hydrogens (tertiary/aromatic N) is 2. The summed E-state index contributed by atoms with van der Waals surface area (Å²) in [5.41, 5.74) is 1.99. The van der Waals surface area contributed by atoms with E-state index in [4.69, 9.17) is 9.15 Å². The Hall–Kier alpha value is -1.81. The first-order valence-corrected chi connectivity index (χ1v) is 9.05. The van der Waals surface area contributed by atoms with Gasteiger partial charge < -0.3 is 9.15 Å². The molecule has 1 aromatic heterocycles. The standard InChI is InChI=1S/C20H28N2O2/c1-22(18-8-6-4-3-5-7-9-18)14-17-15-24-20(21-17)16-10-12-19(23-2)13-11-16/h10-13,15,18H,3-9,14H2,1-2H3. The van der Waals surface area contributed by atoms with E-state index in [-0.39, 0.29) is 0 Å². The molecular formula is C20H28N2O2. The van der Waals surface area contributed by atoms with E-state index < -0.39 is 0 Å². The van der Waals surface area contributed by atoms with Crippen molar-refractivity contribution < 1.29 is 9.15 Å². The molecule has 1 saturated carbocycles. The highest BCUT2D eigenvalue weighted by atomic mass is 16.5. The molecule has 1 heterocycles. The van der Waals surface area contributed by atoms with E-state index in [9.17, 15) is 0 Å². The van der Waals surface area contributed by atoms with Crippen LogP contribution in [0.25, 0.3) is 11.5 Å². The van der Waals surface area contributed by atoms with Crippen molar-refractivity contribution in [3.63, 3.8) is 0 Å². The van der Waals surface area contributed by atoms with Crippen LogP contribution in [0.3, 0.4) is 0 Å². The van der Waals surface area contributed by atoms with Crippen LogP contribution in [0.5, 0.6) is 5.75 Å². The van der Waals surface area contributed by atoms with Crippen molar-refractivity contribution in [2.75, 3.05) is 14.2 Å². The fourth-order valence-corrected chi connectivity index (χ4v) is 3.51. The molecule has 4 heteroatoms. The summed E-state index contributed by atoms with van der Waals surface area (Å²) in [6.07, 6.45) is 11.3. The number of hydrogen-bond acceptors (Lipinski definition) is 4. The van der Waals surface area contributed by atoms with Gasteiger partial charge in [0.25, 0.3) is 0 Å². The fraction of sp³-hybridized carbons (Fsp3) is 0.550. The number of ether oxygens (including phenoxy) is 1. The Labute approximate surface area is 144 Å². The van der Waals surface area contributed by atoms with Crippen molar-refractivity contribution >= 4 is 0 Å². The van der Waals surface area contributed by atoms with E-state index >= 15 is 0 Å². The maximum atomic E-state index is 5.68. The van der Waals surface area contributed by atoms with Gasteiger partial charge in [-0.1, -0.05) is 32.1 Å². The summed E-state index contributed by atoms with van der Waals surface area (Å²) in [6.45, 7) is 0.852. The van der Waals surface area contributed by atoms with Gasteiger partial charge >= 0.3 is 0 Å². The summed E-state index contributed by atoms with van der Waals surface area (Å²) >= 11 is 0. The lowest BCUT2D eigenvalue weighted by Crippen LogP contribution is -2.31. The van der Waals surface area contributed by atoms with Gasteiger partial charge in [-0.2, -0.15) is 0 Å². The molecule has 0 bridgehead atoms. The Morgan fingerprint density at radius 1 is 1.08 bits per heavy atom. The largest absolute Gasteiger partial charge is 0.497 e. The van der Waals surface area contributed by atoms with E-state index in [0.29, 0.717) is 11.9 Å². The lowest BCUT2D eigenvalue weighted by molar-refractivity contribution is 0.194. The number of benzene rings is 1. The Morgan fingerprint density at radius 2 is 1.75 bits per heavy atom. The molecule has 2 aromatic rings. The fourth-order valence-electron chi connectivity index (χ4n) is 3.51. The van der Waals surface area contributed by atoms with E-state index in [1.165, 1.54) is 44.9 Å². The van der Waals surface area contributed by atoms with Crippen LogP contribution in [-0.2, 0) is 6.54 Å². The summed E-state index contributed by atoms with van der Waals surface area (Å²) in [4.78, 5) is 7.11. The first kappa shape index (κ1) is 17.0. The zero-order valence-electron chi connectivity index (χ0n) is 14.8. The number of methoxy groups -OCH3 is 1. The number of hydrogen-bond donors (Lipinski definition) is 0. The molecule has 0 aliphatic heterocycles. The second-order valence-corrected chi connectivity index (χ2v) is 6.79. The van der Waals surface area contributed by atoms with Crippen LogP contribution in [-0.4, -0.2) is 30.1 Å². The molecule has 0 saturated heterocycles. The molecule has 0 N–H and O–H groups in total. The molecule has 4 nitrogen and oxygen atoms in total. The topological polar surface area (TPSA) is 38.5 Å². The van der Waals surface area contributed by atoms with Crippen LogP contribution in [0.15, 0.2) is 34.9 Å². The van der Waals surface area contributed by atoms with Gasteiger partial charge in [-0.05, 0) is 44.2 Å². The van der Waals surface area contributed by atoms with Crippen molar-refractivity contribution in [3.05, 3.63) is 36.2 Å². The Morgan fingerprint density at radius 3 is 2.42 bits per heavy atom. The van der Waals surface area contributed by atoms with Gasteiger partial charge in [0.2, 0.25) is 5.89 Å². The molecule has 1 aliphatic carbocycles. The summed E-state index contributed by atoms with van der Waals surface area (Å²) in [7, 11) is 3.89. The minimum absolute atomic E-state index is 0.673. The van der Waals surface area contributed by atoms with Gasteiger partial charge in [0, 0.05) is 18.2 Å². The van der Waals surface area contributed by atoms with Crippen LogP contribution in [0.2, 0.25) is 0 Å². The van der Waals surface area contributed by atoms with Crippen LogP contribution in [0.1, 0.15) is 50.6 Å². The Balaban J connectivity index is 1.61. The van der Waals surface area contributed by atoms with E-state index in [1.807, 2.05) is 24.3 Å². The van der Waals surface area contributed by atoms with Crippen molar-refractivity contribution in [2.24, 2.45) is 0 Å². The van der Waals surface area contributed by atoms with Crippen LogP contribution in [0.4, 0.5) is 0 Å². The third-order valence-corrected chi connectivity index (χ3v) is 5.00. The van der Waals surface area contributed by atoms with Gasteiger partial charge in [-0.15, -0.1) is 0 Å². The molecule has 0 spiro atoms. The minimum atomic E-state index is 0.673. The second kappa shape index (κ2) is 8.34. The molecule has 1 aliphatic rings. The summed E-state index contributed by atoms with van der Waals surface area (Å²) in [5.74, 6) is 1.52. The minimum Gasteiger partial charge on any atom is -0.497 e. The SMILES string of the molecule is COc1ccc(-c2nc(CN(C)C3CCCCCCC3)co2)cc1. The third kappa shape index (κ3) is 4.38. The highest BCUT2D eigenvalue weighted by Gasteiger charge is 2.18. The molecule has 1 aromatic carbocycles. The van der Waals surface area contributed by atoms with Gasteiger partial charge in [-0.3, -0.25) is 4.90 Å². The van der Waals surface area contributed by atoms with Crippen molar-refractivity contribution in [2.45, 2.75) is 57.5 Å². The Bertz CT molecular complexity index is 613. The molecule has 0 radical (unpaired) electrons. The highest BCUT2D eigenvalue weighted by molar-refractivity contribution is 5.54. The number of rotatable bonds is 5. The van der Waals surface area contributed by atoms with Crippen LogP contribution in [0, 0.1) is 0 Å². The van der Waals surface area contributed by atoms with Crippen molar-refractivity contribution in [1.82, 2.24) is 9.88 Å². The summed E-state index contributed by atoms with van der Waals surface area (Å²) in [5, 5.41) is 0. The number of aromatic nitrogens is 1. The number of oxazole rings is 1. The lowest BCUT2D eigenvalue weighted by Gasteiger charge is -2.28. The highest BCUT2D eigenvalue weighted by Crippen LogP contribution is 2.24. The predicted octanol–water partition coefficient (Wildman–Crippen LogP) is 4.89. The predicted molar refractivity (Wildman–Crippen MR) is 96.1 cm³/mol. The zero-order chi connectivity index (χ0) is 16.8. The smallest absolute Gasteiger partial charge is 0.226 e. The molecule has 130 valence electrons. The molecule has 0 atom stereocenters. The molecule has 0 amide bonds. The summed E-state index contributed by atoms with van der Waals surface area (Å²) < 4.78 is 10.9. The molecule has 3 rings (SSSR count). The molecule has 0 unspecified atom stereocenters. The van der Waals surface area contributed by atoms with E-state index in [2.05, 4.69) is 16.9 Å². The van der Waals surface area contributed by atoms with Gasteiger partial charge in [0.05, 0.1) is 12.8 Å². The first-order chi connectivity index (χ1) is 11.8. The van der Waals surface area contributed by atoms with Gasteiger partial charge in [0.15, 0.2) is 0 Å². The monoisotopic (exact) mass is 328 g/mol. The van der Waals surface area contributed by atoms with E-state index in [1.54, 1.807) is 13.4 Å². The summed E-state index contributed by atoms with van der Waals surface area (Å²) in [6, 6.07) is 8.49. The quantitative estimate of drug-likeness (QED) is 0.783. The van der Waals surface area contributed by atoms with Crippen LogP contribution >= 0.6 is 0 Å². The van der Waals surface area contributed by atoms with E-state index in [0.717, 1.165) is 23.6 Å². The van der Waals surface area contributed by atoms with Gasteiger partial charge in [0.1, 0.15) is 12.0 Å². The zero-order valence-corrected chi connectivity index (χ0v) is 14.8. The second-order valence-electron chi connectivity index (χ2n) is 6.79. The molecular weight excluding hydrogens is 300 g/mol. The maximum absolute atomic E-state index is 5.68. The van der Waals surface area contributed by atoms with Gasteiger partial charge in [-0.25, -0.2) is 4.98 Å². The lowest BCUT2D eigenvalue weighted by atomic mass is 9.96. The normalized spacial score (nSPS) is 16.8. The maximum Gasteiger partial charge on any atom is 0.226 e. The van der Waals surface area contributed by atoms with Crippen molar-refractivity contribution in [1.29, 1.82) is 0 Å². The average Bonchev–Trinajstić information content (AvgIpc) is 3.03. The molecule has 1 fully saturated rings. The van der Waals surface area contributed by atoms with Crippen LogP contribution < -0.4 is 4.74 Å². The first-order valence-electron chi connectivity index (χ1n) is 9.05. The van der Waals surface area contributed by atoms with Crippen molar-refractivity contribution in [3.8, 4) is 17.2 Å². The third-order valence-electron chi connectivity index (χ3n) is 5.00. The Kier molecular flexibility index (Phi) is 5.91. The average molecular weight is 328 g/mol. The molecule has 24 heavy (non-hydrogen) atoms.